The van der Waals surface area contributed by atoms with Gasteiger partial charge in [-0.1, -0.05) is 12.1 Å². The Kier molecular flexibility index (Phi) is 6.73. The van der Waals surface area contributed by atoms with Crippen LogP contribution < -0.4 is 10.2 Å². The highest BCUT2D eigenvalue weighted by atomic mass is 19.4. The summed E-state index contributed by atoms with van der Waals surface area (Å²) in [5, 5.41) is 2.74. The topological polar surface area (TPSA) is 74.7 Å². The summed E-state index contributed by atoms with van der Waals surface area (Å²) in [5.74, 6) is -1.12. The Morgan fingerprint density at radius 2 is 1.78 bits per heavy atom. The first-order valence-corrected chi connectivity index (χ1v) is 11.2. The van der Waals surface area contributed by atoms with E-state index < -0.39 is 23.6 Å². The number of hydrogen-bond acceptors (Lipinski definition) is 4. The number of hydrogen-bond donors (Lipinski definition) is 1. The maximum atomic E-state index is 13.4. The van der Waals surface area contributed by atoms with Gasteiger partial charge in [0.25, 0.3) is 11.8 Å². The molecule has 7 nitrogen and oxygen atoms in total. The number of fused-ring (bicyclic) bond motifs is 1. The van der Waals surface area contributed by atoms with E-state index in [1.807, 2.05) is 6.92 Å². The van der Waals surface area contributed by atoms with Crippen LogP contribution >= 0.6 is 0 Å². The van der Waals surface area contributed by atoms with Crippen LogP contribution in [0.3, 0.4) is 0 Å². The van der Waals surface area contributed by atoms with E-state index in [0.717, 1.165) is 12.1 Å². The normalized spacial score (nSPS) is 15.7. The molecule has 3 aromatic rings. The number of amides is 2. The van der Waals surface area contributed by atoms with Crippen LogP contribution in [0.25, 0.3) is 0 Å². The van der Waals surface area contributed by atoms with E-state index in [1.165, 1.54) is 23.1 Å². The Hall–Kier alpha value is -3.92. The van der Waals surface area contributed by atoms with Crippen molar-refractivity contribution in [1.29, 1.82) is 0 Å². The third-order valence-corrected chi connectivity index (χ3v) is 5.94. The fourth-order valence-corrected chi connectivity index (χ4v) is 4.19. The van der Waals surface area contributed by atoms with Crippen LogP contribution in [0.15, 0.2) is 60.8 Å². The number of carbonyl (C=O) groups excluding carboxylic acids is 3. The van der Waals surface area contributed by atoms with Crippen LogP contribution in [-0.2, 0) is 6.18 Å². The summed E-state index contributed by atoms with van der Waals surface area (Å²) in [7, 11) is 3.57. The monoisotopic (exact) mass is 498 g/mol. The number of Topliss-reactive ketones (excluding diaryl/α,β-unsaturated/α-hetero) is 1. The first kappa shape index (κ1) is 25.2. The van der Waals surface area contributed by atoms with Gasteiger partial charge in [-0.2, -0.15) is 13.2 Å². The van der Waals surface area contributed by atoms with Crippen LogP contribution in [-0.4, -0.2) is 54.2 Å². The molecule has 10 heteroatoms. The molecule has 2 amide bonds. The Labute approximate surface area is 206 Å². The molecular weight excluding hydrogens is 473 g/mol. The molecule has 0 saturated heterocycles. The number of anilines is 2. The largest absolute Gasteiger partial charge is 0.416 e. The zero-order valence-corrected chi connectivity index (χ0v) is 20.0. The van der Waals surface area contributed by atoms with E-state index in [2.05, 4.69) is 5.32 Å². The van der Waals surface area contributed by atoms with Gasteiger partial charge in [-0.3, -0.25) is 14.4 Å². The summed E-state index contributed by atoms with van der Waals surface area (Å²) in [6, 6.07) is 12.2. The average Bonchev–Trinajstić information content (AvgIpc) is 3.27. The predicted octanol–water partition coefficient (Wildman–Crippen LogP) is 4.72. The fraction of sp³-hybridized carbons (Fsp3) is 0.269. The molecule has 0 aliphatic carbocycles. The molecule has 0 fully saturated rings. The minimum Gasteiger partial charge on any atom is -0.338 e. The summed E-state index contributed by atoms with van der Waals surface area (Å²) < 4.78 is 40.5. The van der Waals surface area contributed by atoms with Crippen molar-refractivity contribution in [3.8, 4) is 0 Å². The Bertz CT molecular complexity index is 1310. The SMILES string of the molecule is C[C@H]1CN(c2ccc(C(F)(F)F)cc2)C(=O)c2c(C(=O)Nc3cccc(C(=O)CN(C)C)c3)ccn21. The highest BCUT2D eigenvalue weighted by Crippen LogP contribution is 2.33. The maximum absolute atomic E-state index is 13.4. The van der Waals surface area contributed by atoms with Crippen molar-refractivity contribution in [2.24, 2.45) is 0 Å². The highest BCUT2D eigenvalue weighted by Gasteiger charge is 2.35. The van der Waals surface area contributed by atoms with E-state index >= 15 is 0 Å². The van der Waals surface area contributed by atoms with Crippen molar-refractivity contribution in [3.05, 3.63) is 83.2 Å². The zero-order valence-electron chi connectivity index (χ0n) is 20.0. The minimum absolute atomic E-state index is 0.103. The van der Waals surface area contributed by atoms with Crippen LogP contribution in [0.4, 0.5) is 24.5 Å². The van der Waals surface area contributed by atoms with E-state index in [-0.39, 0.29) is 36.2 Å². The molecule has 2 heterocycles. The lowest BCUT2D eigenvalue weighted by Gasteiger charge is -2.33. The number of benzene rings is 2. The molecule has 1 aliphatic rings. The van der Waals surface area contributed by atoms with Gasteiger partial charge in [0.1, 0.15) is 5.69 Å². The Morgan fingerprint density at radius 3 is 2.42 bits per heavy atom. The van der Waals surface area contributed by atoms with E-state index in [1.54, 1.807) is 54.0 Å². The van der Waals surface area contributed by atoms with Crippen molar-refractivity contribution in [3.63, 3.8) is 0 Å². The molecule has 1 atom stereocenters. The minimum atomic E-state index is -4.48. The van der Waals surface area contributed by atoms with Gasteiger partial charge in [-0.15, -0.1) is 0 Å². The zero-order chi connectivity index (χ0) is 26.2. The van der Waals surface area contributed by atoms with Crippen LogP contribution in [0.2, 0.25) is 0 Å². The van der Waals surface area contributed by atoms with Gasteiger partial charge in [0.15, 0.2) is 5.78 Å². The molecule has 36 heavy (non-hydrogen) atoms. The third-order valence-electron chi connectivity index (χ3n) is 5.94. The lowest BCUT2D eigenvalue weighted by Crippen LogP contribution is -2.43. The standard InChI is InChI=1S/C26H25F3N4O3/c1-16-14-33(20-9-7-18(8-10-20)26(27,28)29)25(36)23-21(11-12-32(16)23)24(35)30-19-6-4-5-17(13-19)22(34)15-31(2)3/h4-13,16H,14-15H2,1-3H3,(H,30,35)/t16-/m0/s1. The van der Waals surface area contributed by atoms with Gasteiger partial charge in [0.2, 0.25) is 0 Å². The van der Waals surface area contributed by atoms with E-state index in [9.17, 15) is 27.6 Å². The smallest absolute Gasteiger partial charge is 0.338 e. The second kappa shape index (κ2) is 9.62. The average molecular weight is 499 g/mol. The number of nitrogens with one attached hydrogen (secondary N) is 1. The van der Waals surface area contributed by atoms with Crippen LogP contribution in [0, 0.1) is 0 Å². The van der Waals surface area contributed by atoms with Gasteiger partial charge >= 0.3 is 6.18 Å². The molecule has 1 aliphatic heterocycles. The second-order valence-corrected chi connectivity index (χ2v) is 8.99. The number of rotatable bonds is 6. The van der Waals surface area contributed by atoms with Crippen LogP contribution in [0.5, 0.6) is 0 Å². The molecule has 0 radical (unpaired) electrons. The Balaban J connectivity index is 1.59. The molecule has 188 valence electrons. The van der Waals surface area contributed by atoms with Crippen molar-refractivity contribution < 1.29 is 27.6 Å². The highest BCUT2D eigenvalue weighted by molar-refractivity contribution is 6.16. The number of ketones is 1. The summed E-state index contributed by atoms with van der Waals surface area (Å²) in [4.78, 5) is 42.0. The lowest BCUT2D eigenvalue weighted by molar-refractivity contribution is -0.137. The number of aromatic nitrogens is 1. The van der Waals surface area contributed by atoms with Gasteiger partial charge in [-0.05, 0) is 63.5 Å². The first-order valence-electron chi connectivity index (χ1n) is 11.2. The summed E-state index contributed by atoms with van der Waals surface area (Å²) in [6.07, 6.45) is -2.83. The molecule has 2 aromatic carbocycles. The molecule has 0 unspecified atom stereocenters. The van der Waals surface area contributed by atoms with Crippen molar-refractivity contribution in [2.75, 3.05) is 37.4 Å². The lowest BCUT2D eigenvalue weighted by atomic mass is 10.1. The molecule has 1 aromatic heterocycles. The van der Waals surface area contributed by atoms with Gasteiger partial charge < -0.3 is 19.7 Å². The third kappa shape index (κ3) is 5.03. The summed E-state index contributed by atoms with van der Waals surface area (Å²) in [6.45, 7) is 2.31. The number of halogens is 3. The number of likely N-dealkylation sites (N-methyl/N-ethyl adjacent to an activating group) is 1. The number of alkyl halides is 3. The van der Waals surface area contributed by atoms with E-state index in [4.69, 9.17) is 0 Å². The van der Waals surface area contributed by atoms with Gasteiger partial charge in [-0.25, -0.2) is 0 Å². The molecule has 1 N–H and O–H groups in total. The molecular formula is C26H25F3N4O3. The molecule has 4 rings (SSSR count). The van der Waals surface area contributed by atoms with Crippen molar-refractivity contribution in [2.45, 2.75) is 19.1 Å². The quantitative estimate of drug-likeness (QED) is 0.499. The number of carbonyl (C=O) groups is 3. The predicted molar refractivity (Wildman–Crippen MR) is 130 cm³/mol. The molecule has 0 spiro atoms. The summed E-state index contributed by atoms with van der Waals surface area (Å²) >= 11 is 0. The second-order valence-electron chi connectivity index (χ2n) is 8.99. The van der Waals surface area contributed by atoms with Crippen LogP contribution in [0.1, 0.15) is 49.7 Å². The van der Waals surface area contributed by atoms with Gasteiger partial charge in [0, 0.05) is 35.7 Å². The number of nitrogens with zero attached hydrogens (tertiary/aromatic N) is 3. The maximum Gasteiger partial charge on any atom is 0.416 e. The fourth-order valence-electron chi connectivity index (χ4n) is 4.19. The first-order chi connectivity index (χ1) is 17.0. The van der Waals surface area contributed by atoms with Crippen molar-refractivity contribution in [1.82, 2.24) is 9.47 Å². The van der Waals surface area contributed by atoms with Crippen molar-refractivity contribution >= 4 is 29.0 Å². The van der Waals surface area contributed by atoms with E-state index in [0.29, 0.717) is 16.9 Å². The summed E-state index contributed by atoms with van der Waals surface area (Å²) in [5.41, 5.74) is 0.628. The molecule has 0 saturated carbocycles. The van der Waals surface area contributed by atoms with Gasteiger partial charge in [0.05, 0.1) is 17.7 Å². The Morgan fingerprint density at radius 1 is 1.08 bits per heavy atom. The molecule has 0 bridgehead atoms.